The van der Waals surface area contributed by atoms with E-state index in [0.717, 1.165) is 38.5 Å². The van der Waals surface area contributed by atoms with Gasteiger partial charge in [0.25, 0.3) is 0 Å². The van der Waals surface area contributed by atoms with Crippen LogP contribution in [0.5, 0.6) is 0 Å². The average molecular weight is 283 g/mol. The molecule has 0 fully saturated rings. The molecule has 0 saturated heterocycles. The summed E-state index contributed by atoms with van der Waals surface area (Å²) >= 11 is 0. The average Bonchev–Trinajstić information content (AvgIpc) is 2.29. The Morgan fingerprint density at radius 1 is 1.00 bits per heavy atom. The predicted molar refractivity (Wildman–Crippen MR) is 64.9 cm³/mol. The molecule has 0 aliphatic heterocycles. The Morgan fingerprint density at radius 2 is 1.50 bits per heavy atom. The minimum absolute atomic E-state index is 0.0843. The number of carbonyl (C=O) groups is 1. The zero-order chi connectivity index (χ0) is 13.9. The van der Waals surface area contributed by atoms with E-state index < -0.39 is 7.82 Å². The first-order chi connectivity index (χ1) is 8.45. The molecule has 0 heterocycles. The van der Waals surface area contributed by atoms with Crippen molar-refractivity contribution < 1.29 is 28.9 Å². The molecule has 7 nitrogen and oxygen atoms in total. The molecule has 0 saturated carbocycles. The molecular weight excluding hydrogens is 261 g/mol. The van der Waals surface area contributed by atoms with E-state index in [1.807, 2.05) is 0 Å². The number of hydrogen-bond acceptors (Lipinski definition) is 4. The first-order valence-electron chi connectivity index (χ1n) is 6.09. The van der Waals surface area contributed by atoms with Gasteiger partial charge >= 0.3 is 7.82 Å². The maximum Gasteiger partial charge on any atom is 0.469 e. The molecule has 1 amide bonds. The lowest BCUT2D eigenvalue weighted by atomic mass is 10.1. The van der Waals surface area contributed by atoms with Crippen molar-refractivity contribution in [2.24, 2.45) is 0 Å². The van der Waals surface area contributed by atoms with Crippen molar-refractivity contribution in [3.63, 3.8) is 0 Å². The van der Waals surface area contributed by atoms with Crippen LogP contribution in [0.4, 0.5) is 0 Å². The molecule has 0 aliphatic rings. The van der Waals surface area contributed by atoms with Crippen LogP contribution in [0, 0.1) is 0 Å². The number of unbranched alkanes of at least 4 members (excludes halogenated alkanes) is 6. The van der Waals surface area contributed by atoms with Crippen molar-refractivity contribution in [2.45, 2.75) is 51.4 Å². The molecule has 0 bridgehead atoms. The second-order valence-electron chi connectivity index (χ2n) is 4.08. The van der Waals surface area contributed by atoms with Crippen molar-refractivity contribution in [1.82, 2.24) is 5.48 Å². The SMILES string of the molecule is O=C(CCCCCCCCCOP(=O)(O)O)NO. The fourth-order valence-corrected chi connectivity index (χ4v) is 1.88. The lowest BCUT2D eigenvalue weighted by molar-refractivity contribution is -0.129. The van der Waals surface area contributed by atoms with Crippen LogP contribution in [0.2, 0.25) is 0 Å². The topological polar surface area (TPSA) is 116 Å². The molecule has 0 aliphatic carbocycles. The van der Waals surface area contributed by atoms with E-state index in [1.54, 1.807) is 5.48 Å². The lowest BCUT2D eigenvalue weighted by Gasteiger charge is -2.04. The van der Waals surface area contributed by atoms with E-state index in [9.17, 15) is 9.36 Å². The summed E-state index contributed by atoms with van der Waals surface area (Å²) in [4.78, 5) is 27.5. The molecule has 0 rings (SSSR count). The summed E-state index contributed by atoms with van der Waals surface area (Å²) in [5, 5.41) is 8.25. The molecule has 0 atom stereocenters. The molecule has 8 heteroatoms. The van der Waals surface area contributed by atoms with Gasteiger partial charge < -0.3 is 9.79 Å². The fourth-order valence-electron chi connectivity index (χ4n) is 1.51. The molecule has 0 radical (unpaired) electrons. The Morgan fingerprint density at radius 3 is 2.00 bits per heavy atom. The second kappa shape index (κ2) is 10.5. The second-order valence-corrected chi connectivity index (χ2v) is 5.32. The van der Waals surface area contributed by atoms with Crippen LogP contribution in [0.15, 0.2) is 0 Å². The van der Waals surface area contributed by atoms with Crippen LogP contribution >= 0.6 is 7.82 Å². The summed E-state index contributed by atoms with van der Waals surface area (Å²) in [7, 11) is -4.31. The Kier molecular flexibility index (Phi) is 10.2. The van der Waals surface area contributed by atoms with Gasteiger partial charge in [-0.25, -0.2) is 10.0 Å². The molecule has 4 N–H and O–H groups in total. The molecule has 0 spiro atoms. The number of hydrogen-bond donors (Lipinski definition) is 4. The predicted octanol–water partition coefficient (Wildman–Crippen LogP) is 1.72. The quantitative estimate of drug-likeness (QED) is 0.198. The molecule has 0 aromatic carbocycles. The van der Waals surface area contributed by atoms with E-state index in [4.69, 9.17) is 15.0 Å². The molecule has 0 aromatic rings. The highest BCUT2D eigenvalue weighted by Gasteiger charge is 2.12. The molecule has 18 heavy (non-hydrogen) atoms. The summed E-state index contributed by atoms with van der Waals surface area (Å²) in [6.07, 6.45) is 6.56. The van der Waals surface area contributed by atoms with E-state index in [-0.39, 0.29) is 12.5 Å². The minimum Gasteiger partial charge on any atom is -0.303 e. The van der Waals surface area contributed by atoms with Crippen molar-refractivity contribution in [3.05, 3.63) is 0 Å². The highest BCUT2D eigenvalue weighted by Crippen LogP contribution is 2.35. The number of phosphoric ester groups is 1. The van der Waals surface area contributed by atoms with E-state index in [0.29, 0.717) is 12.8 Å². The standard InChI is InChI=1S/C10H22NO6P/c12-10(11-13)8-6-4-2-1-3-5-7-9-17-18(14,15)16/h13H,1-9H2,(H,11,12)(H2,14,15,16). The third-order valence-electron chi connectivity index (χ3n) is 2.43. The van der Waals surface area contributed by atoms with Crippen LogP contribution in [0.25, 0.3) is 0 Å². The highest BCUT2D eigenvalue weighted by molar-refractivity contribution is 7.46. The maximum atomic E-state index is 10.7. The zero-order valence-electron chi connectivity index (χ0n) is 10.4. The van der Waals surface area contributed by atoms with Gasteiger partial charge in [-0.3, -0.25) is 14.5 Å². The van der Waals surface area contributed by atoms with Gasteiger partial charge in [0.1, 0.15) is 0 Å². The number of nitrogens with one attached hydrogen (secondary N) is 1. The summed E-state index contributed by atoms with van der Waals surface area (Å²) in [5.41, 5.74) is 1.59. The van der Waals surface area contributed by atoms with Gasteiger partial charge in [-0.15, -0.1) is 0 Å². The van der Waals surface area contributed by atoms with Crippen molar-refractivity contribution in [2.75, 3.05) is 6.61 Å². The van der Waals surface area contributed by atoms with Crippen LogP contribution in [0.1, 0.15) is 51.4 Å². The first kappa shape index (κ1) is 17.5. The van der Waals surface area contributed by atoms with E-state index >= 15 is 0 Å². The van der Waals surface area contributed by atoms with Gasteiger partial charge in [-0.2, -0.15) is 0 Å². The summed E-state index contributed by atoms with van der Waals surface area (Å²) in [6, 6.07) is 0. The fraction of sp³-hybridized carbons (Fsp3) is 0.900. The maximum absolute atomic E-state index is 10.7. The summed E-state index contributed by atoms with van der Waals surface area (Å²) < 4.78 is 14.7. The van der Waals surface area contributed by atoms with Crippen LogP contribution in [0.3, 0.4) is 0 Å². The minimum atomic E-state index is -4.31. The zero-order valence-corrected chi connectivity index (χ0v) is 11.3. The normalized spacial score (nSPS) is 11.5. The van der Waals surface area contributed by atoms with Crippen molar-refractivity contribution in [3.8, 4) is 0 Å². The Bertz CT molecular complexity index is 267. The van der Waals surface area contributed by atoms with Crippen LogP contribution in [-0.4, -0.2) is 27.5 Å². The Balaban J connectivity index is 3.12. The largest absolute Gasteiger partial charge is 0.469 e. The van der Waals surface area contributed by atoms with Gasteiger partial charge in [0.15, 0.2) is 0 Å². The van der Waals surface area contributed by atoms with Crippen molar-refractivity contribution in [1.29, 1.82) is 0 Å². The number of phosphoric acid groups is 1. The third kappa shape index (κ3) is 13.6. The van der Waals surface area contributed by atoms with Crippen LogP contribution < -0.4 is 5.48 Å². The summed E-state index contributed by atoms with van der Waals surface area (Å²) in [5.74, 6) is -0.357. The number of amides is 1. The summed E-state index contributed by atoms with van der Waals surface area (Å²) in [6.45, 7) is 0.0843. The third-order valence-corrected chi connectivity index (χ3v) is 2.95. The Labute approximate surface area is 107 Å². The molecule has 0 aromatic heterocycles. The molecular formula is C10H22NO6P. The number of hydroxylamine groups is 1. The first-order valence-corrected chi connectivity index (χ1v) is 7.62. The number of carbonyl (C=O) groups excluding carboxylic acids is 1. The monoisotopic (exact) mass is 283 g/mol. The smallest absolute Gasteiger partial charge is 0.303 e. The lowest BCUT2D eigenvalue weighted by Crippen LogP contribution is -2.17. The number of rotatable bonds is 11. The van der Waals surface area contributed by atoms with Gasteiger partial charge in [0, 0.05) is 6.42 Å². The van der Waals surface area contributed by atoms with E-state index in [2.05, 4.69) is 4.52 Å². The van der Waals surface area contributed by atoms with Gasteiger partial charge in [-0.05, 0) is 12.8 Å². The van der Waals surface area contributed by atoms with Gasteiger partial charge in [-0.1, -0.05) is 32.1 Å². The van der Waals surface area contributed by atoms with Gasteiger partial charge in [0.2, 0.25) is 5.91 Å². The highest BCUT2D eigenvalue weighted by atomic mass is 31.2. The van der Waals surface area contributed by atoms with E-state index in [1.165, 1.54) is 0 Å². The van der Waals surface area contributed by atoms with Crippen molar-refractivity contribution >= 4 is 13.7 Å². The van der Waals surface area contributed by atoms with Gasteiger partial charge in [0.05, 0.1) is 6.61 Å². The molecule has 0 unspecified atom stereocenters. The Hall–Kier alpha value is -0.460. The molecule has 108 valence electrons. The van der Waals surface area contributed by atoms with Crippen LogP contribution in [-0.2, 0) is 13.9 Å².